The highest BCUT2D eigenvalue weighted by atomic mass is 32.2. The molecular formula is C24H24N4O4S2. The Morgan fingerprint density at radius 1 is 1.24 bits per heavy atom. The van der Waals surface area contributed by atoms with Crippen LogP contribution in [-0.2, 0) is 4.79 Å². The molecule has 1 atom stereocenters. The lowest BCUT2D eigenvalue weighted by molar-refractivity contribution is -0.130. The zero-order valence-electron chi connectivity index (χ0n) is 19.3. The average molecular weight is 497 g/mol. The fourth-order valence-corrected chi connectivity index (χ4v) is 6.12. The van der Waals surface area contributed by atoms with Gasteiger partial charge in [-0.15, -0.1) is 11.3 Å². The summed E-state index contributed by atoms with van der Waals surface area (Å²) in [4.78, 5) is 33.2. The topological polar surface area (TPSA) is 93.8 Å². The summed E-state index contributed by atoms with van der Waals surface area (Å²) >= 11 is 2.76. The molecule has 0 radical (unpaired) electrons. The molecule has 0 aliphatic carbocycles. The number of amides is 1. The van der Waals surface area contributed by atoms with Crippen LogP contribution in [0.2, 0.25) is 0 Å². The quantitative estimate of drug-likeness (QED) is 0.265. The van der Waals surface area contributed by atoms with Gasteiger partial charge in [0.25, 0.3) is 11.5 Å². The molecule has 0 aromatic carbocycles. The number of hydrogen-bond acceptors (Lipinski definition) is 8. The van der Waals surface area contributed by atoms with Crippen molar-refractivity contribution in [3.05, 3.63) is 69.1 Å². The highest BCUT2D eigenvalue weighted by Crippen LogP contribution is 2.35. The molecule has 0 saturated carbocycles. The van der Waals surface area contributed by atoms with Crippen molar-refractivity contribution >= 4 is 44.9 Å². The lowest BCUT2D eigenvalue weighted by Gasteiger charge is -2.20. The zero-order valence-corrected chi connectivity index (χ0v) is 20.9. The Hall–Kier alpha value is -3.11. The Morgan fingerprint density at radius 3 is 2.68 bits per heavy atom. The van der Waals surface area contributed by atoms with Gasteiger partial charge in [-0.2, -0.15) is 5.10 Å². The normalized spacial score (nSPS) is 16.1. The third kappa shape index (κ3) is 3.90. The summed E-state index contributed by atoms with van der Waals surface area (Å²) in [6.45, 7) is 7.84. The van der Waals surface area contributed by atoms with Crippen molar-refractivity contribution in [2.45, 2.75) is 51.4 Å². The Balaban J connectivity index is 1.45. The predicted octanol–water partition coefficient (Wildman–Crippen LogP) is 5.31. The van der Waals surface area contributed by atoms with Gasteiger partial charge < -0.3 is 8.83 Å². The van der Waals surface area contributed by atoms with Crippen molar-refractivity contribution < 1.29 is 13.6 Å². The fraction of sp³-hybridized carbons (Fsp3) is 0.333. The van der Waals surface area contributed by atoms with E-state index in [2.05, 4.69) is 5.10 Å². The molecule has 176 valence electrons. The van der Waals surface area contributed by atoms with Crippen LogP contribution in [0.4, 0.5) is 0 Å². The van der Waals surface area contributed by atoms with E-state index in [4.69, 9.17) is 13.8 Å². The molecule has 1 aliphatic heterocycles. The number of hydrogen-bond donors (Lipinski definition) is 0. The minimum atomic E-state index is -0.353. The molecule has 5 rings (SSSR count). The first kappa shape index (κ1) is 22.7. The van der Waals surface area contributed by atoms with Crippen molar-refractivity contribution in [2.75, 3.05) is 5.75 Å². The molecule has 5 heterocycles. The average Bonchev–Trinajstić information content (AvgIpc) is 3.58. The van der Waals surface area contributed by atoms with E-state index < -0.39 is 0 Å². The molecule has 8 nitrogen and oxygen atoms in total. The van der Waals surface area contributed by atoms with Crippen LogP contribution in [0.15, 0.2) is 60.7 Å². The molecule has 34 heavy (non-hydrogen) atoms. The summed E-state index contributed by atoms with van der Waals surface area (Å²) in [6, 6.07) is 6.81. The minimum Gasteiger partial charge on any atom is -0.467 e. The van der Waals surface area contributed by atoms with Gasteiger partial charge in [0.15, 0.2) is 5.16 Å². The van der Waals surface area contributed by atoms with Crippen molar-refractivity contribution in [3.63, 3.8) is 0 Å². The van der Waals surface area contributed by atoms with Crippen molar-refractivity contribution in [2.24, 2.45) is 5.10 Å². The molecule has 0 bridgehead atoms. The smallest absolute Gasteiger partial charge is 0.263 e. The number of nitrogens with zero attached hydrogens (tertiary/aromatic N) is 4. The first-order valence-corrected chi connectivity index (χ1v) is 12.8. The number of thioether (sulfide) groups is 1. The van der Waals surface area contributed by atoms with E-state index >= 15 is 0 Å². The maximum absolute atomic E-state index is 13.3. The van der Waals surface area contributed by atoms with Crippen molar-refractivity contribution in [3.8, 4) is 0 Å². The Bertz CT molecular complexity index is 1430. The minimum absolute atomic E-state index is 0.0652. The molecule has 1 unspecified atom stereocenters. The monoisotopic (exact) mass is 496 g/mol. The molecule has 0 spiro atoms. The molecule has 4 aromatic rings. The van der Waals surface area contributed by atoms with Crippen molar-refractivity contribution in [1.82, 2.24) is 14.6 Å². The van der Waals surface area contributed by atoms with Crippen LogP contribution >= 0.6 is 23.1 Å². The van der Waals surface area contributed by atoms with Gasteiger partial charge in [-0.05, 0) is 57.5 Å². The highest BCUT2D eigenvalue weighted by molar-refractivity contribution is 7.99. The third-order valence-electron chi connectivity index (χ3n) is 5.89. The number of hydrazone groups is 1. The van der Waals surface area contributed by atoms with Gasteiger partial charge in [0.2, 0.25) is 0 Å². The molecule has 1 amide bonds. The van der Waals surface area contributed by atoms with Gasteiger partial charge in [0, 0.05) is 17.3 Å². The lowest BCUT2D eigenvalue weighted by Crippen LogP contribution is -2.29. The Kier molecular flexibility index (Phi) is 5.95. The summed E-state index contributed by atoms with van der Waals surface area (Å²) in [6.07, 6.45) is 3.66. The Labute approximate surface area is 204 Å². The van der Waals surface area contributed by atoms with Gasteiger partial charge in [-0.25, -0.2) is 9.99 Å². The Morgan fingerprint density at radius 2 is 2.00 bits per heavy atom. The second-order valence-corrected chi connectivity index (χ2v) is 10.6. The molecule has 0 fully saturated rings. The maximum Gasteiger partial charge on any atom is 0.263 e. The molecule has 1 aliphatic rings. The standard InChI is InChI=1S/C24H24N4O4S2/c1-13(2)27-23(30)21-14(3)15(4)34-22(21)25-24(27)33-12-20(29)28-17(19-8-6-10-32-19)11-16(26-28)18-7-5-9-31-18/h5-10,13,17H,11-12H2,1-4H3. The SMILES string of the molecule is Cc1sc2nc(SCC(=O)N3N=C(c4ccco4)CC3c3ccco3)n(C(C)C)c(=O)c2c1C. The van der Waals surface area contributed by atoms with Gasteiger partial charge >= 0.3 is 0 Å². The second kappa shape index (κ2) is 8.92. The van der Waals surface area contributed by atoms with Gasteiger partial charge in [-0.3, -0.25) is 14.2 Å². The number of aryl methyl sites for hydroxylation is 2. The molecule has 10 heteroatoms. The number of fused-ring (bicyclic) bond motifs is 1. The summed E-state index contributed by atoms with van der Waals surface area (Å²) in [7, 11) is 0. The number of rotatable bonds is 6. The number of carbonyl (C=O) groups is 1. The van der Waals surface area contributed by atoms with Gasteiger partial charge in [0.05, 0.1) is 23.7 Å². The van der Waals surface area contributed by atoms with Crippen molar-refractivity contribution in [1.29, 1.82) is 0 Å². The van der Waals surface area contributed by atoms with E-state index in [1.165, 1.54) is 28.1 Å². The van der Waals surface area contributed by atoms with E-state index in [-0.39, 0.29) is 29.3 Å². The second-order valence-electron chi connectivity index (χ2n) is 8.41. The van der Waals surface area contributed by atoms with Gasteiger partial charge in [-0.1, -0.05) is 11.8 Å². The summed E-state index contributed by atoms with van der Waals surface area (Å²) in [5.41, 5.74) is 1.59. The van der Waals surface area contributed by atoms with Gasteiger partial charge in [0.1, 0.15) is 28.1 Å². The number of furan rings is 2. The van der Waals surface area contributed by atoms with Crippen LogP contribution in [-0.4, -0.2) is 31.9 Å². The van der Waals surface area contributed by atoms with E-state index in [1.54, 1.807) is 29.2 Å². The van der Waals surface area contributed by atoms with E-state index in [1.807, 2.05) is 39.8 Å². The maximum atomic E-state index is 13.3. The van der Waals surface area contributed by atoms with E-state index in [0.29, 0.717) is 39.0 Å². The van der Waals surface area contributed by atoms with E-state index in [9.17, 15) is 9.59 Å². The molecule has 0 N–H and O–H groups in total. The number of carbonyl (C=O) groups excluding carboxylic acids is 1. The summed E-state index contributed by atoms with van der Waals surface area (Å²) in [5.74, 6) is 1.17. The fourth-order valence-electron chi connectivity index (χ4n) is 4.07. The number of aromatic nitrogens is 2. The van der Waals surface area contributed by atoms with Crippen LogP contribution in [0.5, 0.6) is 0 Å². The van der Waals surface area contributed by atoms with Crippen LogP contribution in [0.1, 0.15) is 54.3 Å². The highest BCUT2D eigenvalue weighted by Gasteiger charge is 2.36. The predicted molar refractivity (Wildman–Crippen MR) is 133 cm³/mol. The first-order chi connectivity index (χ1) is 16.3. The third-order valence-corrected chi connectivity index (χ3v) is 7.93. The molecule has 0 saturated heterocycles. The van der Waals surface area contributed by atoms with Crippen LogP contribution in [0, 0.1) is 13.8 Å². The number of thiophene rings is 1. The lowest BCUT2D eigenvalue weighted by atomic mass is 10.1. The van der Waals surface area contributed by atoms with Crippen LogP contribution in [0.3, 0.4) is 0 Å². The first-order valence-electron chi connectivity index (χ1n) is 11.0. The largest absolute Gasteiger partial charge is 0.467 e. The zero-order chi connectivity index (χ0) is 24.0. The van der Waals surface area contributed by atoms with E-state index in [0.717, 1.165) is 10.4 Å². The summed E-state index contributed by atoms with van der Waals surface area (Å²) in [5, 5.41) is 7.22. The molecule has 4 aromatic heterocycles. The molecular weight excluding hydrogens is 472 g/mol. The van der Waals surface area contributed by atoms with Crippen LogP contribution in [0.25, 0.3) is 10.2 Å². The summed E-state index contributed by atoms with van der Waals surface area (Å²) < 4.78 is 12.8. The van der Waals surface area contributed by atoms with Crippen LogP contribution < -0.4 is 5.56 Å².